The van der Waals surface area contributed by atoms with Gasteiger partial charge in [0.2, 0.25) is 0 Å². The molecule has 4 nitrogen and oxygen atoms in total. The Bertz CT molecular complexity index is 227. The predicted octanol–water partition coefficient (Wildman–Crippen LogP) is -0.0421. The molecule has 0 saturated carbocycles. The Morgan fingerprint density at radius 3 is 3.08 bits per heavy atom. The van der Waals surface area contributed by atoms with Gasteiger partial charge in [0.05, 0.1) is 7.11 Å². The number of hydrogen-bond acceptors (Lipinski definition) is 4. The molecule has 0 bridgehead atoms. The summed E-state index contributed by atoms with van der Waals surface area (Å²) in [6.45, 7) is 0. The monoisotopic (exact) mass is 185 g/mol. The van der Waals surface area contributed by atoms with Gasteiger partial charge in [-0.25, -0.2) is 4.79 Å². The van der Waals surface area contributed by atoms with E-state index in [4.69, 9.17) is 5.73 Å². The molecule has 0 radical (unpaired) electrons. The molecule has 3 N–H and O–H groups in total. The number of ether oxygens (including phenoxy) is 1. The van der Waals surface area contributed by atoms with Crippen molar-refractivity contribution in [2.75, 3.05) is 7.11 Å². The van der Waals surface area contributed by atoms with Crippen LogP contribution < -0.4 is 5.73 Å². The molecule has 0 aromatic rings. The lowest BCUT2D eigenvalue weighted by atomic mass is 9.89. The number of esters is 1. The summed E-state index contributed by atoms with van der Waals surface area (Å²) in [5.41, 5.74) is 4.52. The van der Waals surface area contributed by atoms with Crippen LogP contribution in [0.25, 0.3) is 0 Å². The number of nitrogens with two attached hydrogens (primary N) is 1. The first kappa shape index (κ1) is 10.2. The summed E-state index contributed by atoms with van der Waals surface area (Å²) in [6.07, 6.45) is 4.54. The lowest BCUT2D eigenvalue weighted by Gasteiger charge is -2.28. The van der Waals surface area contributed by atoms with E-state index in [1.807, 2.05) is 6.08 Å². The highest BCUT2D eigenvalue weighted by molar-refractivity contribution is 5.81. The quantitative estimate of drug-likeness (QED) is 0.444. The molecule has 0 aliphatic heterocycles. The van der Waals surface area contributed by atoms with Crippen molar-refractivity contribution < 1.29 is 14.6 Å². The van der Waals surface area contributed by atoms with E-state index < -0.39 is 17.6 Å². The number of aliphatic hydroxyl groups is 1. The second-order valence-electron chi connectivity index (χ2n) is 3.30. The number of hydrogen-bond donors (Lipinski definition) is 2. The molecule has 0 heterocycles. The highest BCUT2D eigenvalue weighted by Crippen LogP contribution is 2.22. The molecule has 1 aliphatic carbocycles. The van der Waals surface area contributed by atoms with E-state index in [2.05, 4.69) is 4.74 Å². The Labute approximate surface area is 77.4 Å². The van der Waals surface area contributed by atoms with Crippen LogP contribution in [0, 0.1) is 0 Å². The van der Waals surface area contributed by atoms with Gasteiger partial charge in [0.1, 0.15) is 11.6 Å². The molecular weight excluding hydrogens is 170 g/mol. The summed E-state index contributed by atoms with van der Waals surface area (Å²) in [4.78, 5) is 11.3. The number of rotatable bonds is 1. The van der Waals surface area contributed by atoms with Gasteiger partial charge in [-0.2, -0.15) is 0 Å². The van der Waals surface area contributed by atoms with Gasteiger partial charge in [-0.3, -0.25) is 0 Å². The van der Waals surface area contributed by atoms with Crippen molar-refractivity contribution in [2.24, 2.45) is 5.73 Å². The number of methoxy groups -OCH3 is 1. The van der Waals surface area contributed by atoms with Crippen molar-refractivity contribution in [3.8, 4) is 0 Å². The van der Waals surface area contributed by atoms with Crippen LogP contribution in [0.15, 0.2) is 12.2 Å². The number of carbonyl (C=O) groups is 1. The topological polar surface area (TPSA) is 72.5 Å². The van der Waals surface area contributed by atoms with E-state index in [-0.39, 0.29) is 0 Å². The van der Waals surface area contributed by atoms with Crippen molar-refractivity contribution in [2.45, 2.75) is 30.9 Å². The van der Waals surface area contributed by atoms with Gasteiger partial charge in [0.15, 0.2) is 0 Å². The molecule has 74 valence electrons. The maximum Gasteiger partial charge on any atom is 0.328 e. The molecule has 4 heteroatoms. The van der Waals surface area contributed by atoms with E-state index in [1.54, 1.807) is 6.08 Å². The van der Waals surface area contributed by atoms with Crippen LogP contribution >= 0.6 is 0 Å². The third kappa shape index (κ3) is 1.89. The SMILES string of the molecule is COC(=O)[C@]1(N)CCCC=C[C@@H]1O. The van der Waals surface area contributed by atoms with Crippen LogP contribution in [0.5, 0.6) is 0 Å². The highest BCUT2D eigenvalue weighted by Gasteiger charge is 2.41. The molecule has 0 fully saturated rings. The average molecular weight is 185 g/mol. The molecule has 0 unspecified atom stereocenters. The minimum absolute atomic E-state index is 0.452. The maximum absolute atomic E-state index is 11.3. The smallest absolute Gasteiger partial charge is 0.328 e. The molecule has 0 aromatic heterocycles. The first-order valence-corrected chi connectivity index (χ1v) is 4.33. The zero-order valence-corrected chi connectivity index (χ0v) is 7.69. The third-order valence-corrected chi connectivity index (χ3v) is 2.37. The van der Waals surface area contributed by atoms with Crippen molar-refractivity contribution in [3.05, 3.63) is 12.2 Å². The molecule has 0 amide bonds. The van der Waals surface area contributed by atoms with Gasteiger partial charge < -0.3 is 15.6 Å². The molecule has 0 saturated heterocycles. The number of aliphatic hydroxyl groups excluding tert-OH is 1. The Morgan fingerprint density at radius 2 is 2.46 bits per heavy atom. The van der Waals surface area contributed by atoms with Gasteiger partial charge in [-0.1, -0.05) is 12.2 Å². The maximum atomic E-state index is 11.3. The molecular formula is C9H15NO3. The first-order valence-electron chi connectivity index (χ1n) is 4.33. The summed E-state index contributed by atoms with van der Waals surface area (Å²) in [6, 6.07) is 0. The summed E-state index contributed by atoms with van der Waals surface area (Å²) in [5.74, 6) is -0.549. The van der Waals surface area contributed by atoms with Crippen LogP contribution in [0.1, 0.15) is 19.3 Å². The lowest BCUT2D eigenvalue weighted by Crippen LogP contribution is -2.56. The van der Waals surface area contributed by atoms with Gasteiger partial charge >= 0.3 is 5.97 Å². The molecule has 13 heavy (non-hydrogen) atoms. The fourth-order valence-corrected chi connectivity index (χ4v) is 1.47. The zero-order valence-electron chi connectivity index (χ0n) is 7.69. The van der Waals surface area contributed by atoms with E-state index in [9.17, 15) is 9.90 Å². The van der Waals surface area contributed by atoms with Crippen LogP contribution in [-0.4, -0.2) is 29.8 Å². The largest absolute Gasteiger partial charge is 0.468 e. The summed E-state index contributed by atoms with van der Waals surface area (Å²) in [7, 11) is 1.28. The zero-order chi connectivity index (χ0) is 9.90. The Hall–Kier alpha value is -0.870. The number of carbonyl (C=O) groups excluding carboxylic acids is 1. The molecule has 0 aromatic carbocycles. The average Bonchev–Trinajstić information content (AvgIpc) is 2.29. The standard InChI is InChI=1S/C9H15NO3/c1-13-8(12)9(10)6-4-2-3-5-7(9)11/h3,5,7,11H,2,4,6,10H2,1H3/t7-,9-/m0/s1. The Kier molecular flexibility index (Phi) is 3.06. The lowest BCUT2D eigenvalue weighted by molar-refractivity contribution is -0.150. The van der Waals surface area contributed by atoms with Gasteiger partial charge in [-0.05, 0) is 19.3 Å². The second-order valence-corrected chi connectivity index (χ2v) is 3.30. The highest BCUT2D eigenvalue weighted by atomic mass is 16.5. The Balaban J connectivity index is 2.84. The van der Waals surface area contributed by atoms with E-state index in [1.165, 1.54) is 7.11 Å². The van der Waals surface area contributed by atoms with Crippen LogP contribution in [0.2, 0.25) is 0 Å². The van der Waals surface area contributed by atoms with Crippen molar-refractivity contribution in [1.29, 1.82) is 0 Å². The van der Waals surface area contributed by atoms with Crippen LogP contribution in [0.3, 0.4) is 0 Å². The van der Waals surface area contributed by atoms with E-state index in [0.717, 1.165) is 12.8 Å². The van der Waals surface area contributed by atoms with Crippen molar-refractivity contribution in [3.63, 3.8) is 0 Å². The summed E-state index contributed by atoms with van der Waals surface area (Å²) in [5, 5.41) is 9.60. The fourth-order valence-electron chi connectivity index (χ4n) is 1.47. The third-order valence-electron chi connectivity index (χ3n) is 2.37. The van der Waals surface area contributed by atoms with E-state index in [0.29, 0.717) is 6.42 Å². The second kappa shape index (κ2) is 3.89. The first-order chi connectivity index (χ1) is 6.11. The minimum Gasteiger partial charge on any atom is -0.468 e. The molecule has 1 rings (SSSR count). The minimum atomic E-state index is -1.26. The Morgan fingerprint density at radius 1 is 1.77 bits per heavy atom. The number of allylic oxidation sites excluding steroid dienone is 1. The molecule has 0 spiro atoms. The summed E-state index contributed by atoms with van der Waals surface area (Å²) >= 11 is 0. The summed E-state index contributed by atoms with van der Waals surface area (Å²) < 4.78 is 4.56. The van der Waals surface area contributed by atoms with Gasteiger partial charge in [0.25, 0.3) is 0 Å². The predicted molar refractivity (Wildman–Crippen MR) is 47.9 cm³/mol. The van der Waals surface area contributed by atoms with Crippen LogP contribution in [-0.2, 0) is 9.53 Å². The molecule has 2 atom stereocenters. The fraction of sp³-hybridized carbons (Fsp3) is 0.667. The van der Waals surface area contributed by atoms with E-state index >= 15 is 0 Å². The normalized spacial score (nSPS) is 33.9. The van der Waals surface area contributed by atoms with Crippen molar-refractivity contribution in [1.82, 2.24) is 0 Å². The van der Waals surface area contributed by atoms with Crippen molar-refractivity contribution >= 4 is 5.97 Å². The molecule has 1 aliphatic rings. The van der Waals surface area contributed by atoms with Gasteiger partial charge in [-0.15, -0.1) is 0 Å². The van der Waals surface area contributed by atoms with Crippen LogP contribution in [0.4, 0.5) is 0 Å². The van der Waals surface area contributed by atoms with Gasteiger partial charge in [0, 0.05) is 0 Å².